The van der Waals surface area contributed by atoms with E-state index in [0.717, 1.165) is 4.90 Å². The van der Waals surface area contributed by atoms with E-state index in [9.17, 15) is 18.7 Å². The van der Waals surface area contributed by atoms with Crippen molar-refractivity contribution in [2.45, 2.75) is 12.5 Å². The van der Waals surface area contributed by atoms with Gasteiger partial charge < -0.3 is 20.5 Å². The Kier molecular flexibility index (Phi) is 2.46. The number of nitrogens with zero attached hydrogens (tertiary/aromatic N) is 1. The summed E-state index contributed by atoms with van der Waals surface area (Å²) in [6, 6.07) is -0.775. The summed E-state index contributed by atoms with van der Waals surface area (Å²) in [4.78, 5) is 11.0. The van der Waals surface area contributed by atoms with Crippen LogP contribution in [-0.2, 0) is 0 Å². The Labute approximate surface area is 67.9 Å². The number of carbonyl (C=O) groups excluding carboxylic acids is 1. The third-order valence-corrected chi connectivity index (χ3v) is 1.99. The van der Waals surface area contributed by atoms with Crippen molar-refractivity contribution in [3.8, 4) is 0 Å². The molecule has 2 N–H and O–H groups in total. The normalized spacial score (nSPS) is 29.8. The van der Waals surface area contributed by atoms with Gasteiger partial charge in [-0.2, -0.15) is 0 Å². The zero-order chi connectivity index (χ0) is 9.30. The number of rotatable bonds is 1. The van der Waals surface area contributed by atoms with Gasteiger partial charge in [0.1, 0.15) is 6.09 Å². The molecule has 6 heteroatoms. The molecule has 70 valence electrons. The van der Waals surface area contributed by atoms with E-state index in [1.165, 1.54) is 0 Å². The van der Waals surface area contributed by atoms with Gasteiger partial charge in [-0.15, -0.1) is 0 Å². The molecule has 1 fully saturated rings. The van der Waals surface area contributed by atoms with Gasteiger partial charge in [0, 0.05) is 19.1 Å². The second kappa shape index (κ2) is 3.22. The van der Waals surface area contributed by atoms with Crippen molar-refractivity contribution in [2.75, 3.05) is 13.1 Å². The van der Waals surface area contributed by atoms with Crippen LogP contribution in [0.1, 0.15) is 0 Å². The lowest BCUT2D eigenvalue weighted by atomic mass is 10.1. The fraction of sp³-hybridized carbons (Fsp3) is 0.833. The van der Waals surface area contributed by atoms with E-state index in [1.54, 1.807) is 0 Å². The average Bonchev–Trinajstić information content (AvgIpc) is 2.30. The second-order valence-electron chi connectivity index (χ2n) is 2.83. The molecule has 1 aliphatic heterocycles. The molecule has 1 rings (SSSR count). The van der Waals surface area contributed by atoms with E-state index in [0.29, 0.717) is 0 Å². The molecule has 0 radical (unpaired) electrons. The number of hydrogen-bond donors (Lipinski definition) is 1. The van der Waals surface area contributed by atoms with Crippen molar-refractivity contribution in [3.63, 3.8) is 0 Å². The second-order valence-corrected chi connectivity index (χ2v) is 2.83. The largest absolute Gasteiger partial charge is 0.530 e. The number of carboxylic acid groups (broad SMARTS) is 1. The van der Waals surface area contributed by atoms with E-state index < -0.39 is 24.5 Å². The third kappa shape index (κ3) is 1.63. The number of carbonyl (C=O) groups is 1. The van der Waals surface area contributed by atoms with Gasteiger partial charge in [0.15, 0.2) is 0 Å². The van der Waals surface area contributed by atoms with Crippen molar-refractivity contribution in [1.82, 2.24) is 4.90 Å². The van der Waals surface area contributed by atoms with Crippen LogP contribution in [0, 0.1) is 5.92 Å². The lowest BCUT2D eigenvalue weighted by Gasteiger charge is -2.17. The quantitative estimate of drug-likeness (QED) is 0.552. The van der Waals surface area contributed by atoms with E-state index in [2.05, 4.69) is 0 Å². The predicted molar refractivity (Wildman–Crippen MR) is 34.4 cm³/mol. The highest BCUT2D eigenvalue weighted by Gasteiger charge is 2.36. The summed E-state index contributed by atoms with van der Waals surface area (Å²) in [6.45, 7) is -0.279. The minimum Gasteiger partial charge on any atom is -0.530 e. The molecule has 4 nitrogen and oxygen atoms in total. The molecule has 1 saturated heterocycles. The zero-order valence-electron chi connectivity index (χ0n) is 6.24. The molecule has 0 aliphatic carbocycles. The van der Waals surface area contributed by atoms with Crippen molar-refractivity contribution in [2.24, 2.45) is 11.7 Å². The molecule has 0 aromatic heterocycles. The van der Waals surface area contributed by atoms with Gasteiger partial charge in [-0.05, 0) is 0 Å². The summed E-state index contributed by atoms with van der Waals surface area (Å²) in [5.74, 6) is -1.05. The SMILES string of the molecule is NC1CN(C(=O)[O-])CC1C(F)F. The Morgan fingerprint density at radius 2 is 2.17 bits per heavy atom. The van der Waals surface area contributed by atoms with Crippen LogP contribution in [0.2, 0.25) is 0 Å². The van der Waals surface area contributed by atoms with Crippen molar-refractivity contribution < 1.29 is 18.7 Å². The van der Waals surface area contributed by atoms with Crippen LogP contribution in [-0.4, -0.2) is 36.5 Å². The highest BCUT2D eigenvalue weighted by molar-refractivity contribution is 5.63. The first kappa shape index (κ1) is 9.18. The molecule has 12 heavy (non-hydrogen) atoms. The summed E-state index contributed by atoms with van der Waals surface area (Å²) in [5, 5.41) is 10.2. The maximum Gasteiger partial charge on any atom is 0.244 e. The molecule has 1 heterocycles. The molecule has 1 aliphatic rings. The van der Waals surface area contributed by atoms with Gasteiger partial charge in [0.05, 0.1) is 5.92 Å². The summed E-state index contributed by atoms with van der Waals surface area (Å²) in [7, 11) is 0. The first-order valence-corrected chi connectivity index (χ1v) is 3.52. The van der Waals surface area contributed by atoms with Gasteiger partial charge >= 0.3 is 0 Å². The van der Waals surface area contributed by atoms with Gasteiger partial charge in [0.2, 0.25) is 6.43 Å². The molecule has 2 unspecified atom stereocenters. The van der Waals surface area contributed by atoms with Gasteiger partial charge in [0.25, 0.3) is 0 Å². The maximum atomic E-state index is 12.1. The van der Waals surface area contributed by atoms with Gasteiger partial charge in [-0.3, -0.25) is 0 Å². The Morgan fingerprint density at radius 1 is 1.58 bits per heavy atom. The smallest absolute Gasteiger partial charge is 0.244 e. The molecule has 1 amide bonds. The van der Waals surface area contributed by atoms with Crippen LogP contribution in [0.25, 0.3) is 0 Å². The first-order chi connectivity index (χ1) is 5.52. The van der Waals surface area contributed by atoms with Crippen molar-refractivity contribution >= 4 is 6.09 Å². The lowest BCUT2D eigenvalue weighted by molar-refractivity contribution is -0.264. The van der Waals surface area contributed by atoms with Crippen molar-refractivity contribution in [3.05, 3.63) is 0 Å². The summed E-state index contributed by atoms with van der Waals surface area (Å²) < 4.78 is 24.2. The molecule has 0 spiro atoms. The Morgan fingerprint density at radius 3 is 2.42 bits per heavy atom. The van der Waals surface area contributed by atoms with Crippen LogP contribution in [0.5, 0.6) is 0 Å². The fourth-order valence-corrected chi connectivity index (χ4v) is 1.27. The number of nitrogens with two attached hydrogens (primary N) is 1. The molecule has 0 bridgehead atoms. The van der Waals surface area contributed by atoms with Gasteiger partial charge in [-0.1, -0.05) is 0 Å². The minimum atomic E-state index is -2.57. The monoisotopic (exact) mass is 179 g/mol. The number of alkyl halides is 2. The van der Waals surface area contributed by atoms with Crippen molar-refractivity contribution in [1.29, 1.82) is 0 Å². The Bertz CT molecular complexity index is 188. The van der Waals surface area contributed by atoms with Crippen LogP contribution < -0.4 is 10.8 Å². The van der Waals surface area contributed by atoms with Gasteiger partial charge in [-0.25, -0.2) is 8.78 Å². The topological polar surface area (TPSA) is 69.4 Å². The van der Waals surface area contributed by atoms with Crippen LogP contribution >= 0.6 is 0 Å². The molecule has 2 atom stereocenters. The molecule has 0 aromatic rings. The summed E-state index contributed by atoms with van der Waals surface area (Å²) in [6.07, 6.45) is -4.00. The van der Waals surface area contributed by atoms with Crippen LogP contribution in [0.4, 0.5) is 13.6 Å². The molecule has 0 aromatic carbocycles. The van der Waals surface area contributed by atoms with Crippen LogP contribution in [0.15, 0.2) is 0 Å². The fourth-order valence-electron chi connectivity index (χ4n) is 1.27. The maximum absolute atomic E-state index is 12.1. The number of amides is 1. The standard InChI is InChI=1S/C6H10F2N2O2/c7-5(8)3-1-10(6(11)12)2-4(3)9/h3-5H,1-2,9H2,(H,11,12)/p-1. The average molecular weight is 179 g/mol. The minimum absolute atomic E-state index is 0.0582. The predicted octanol–water partition coefficient (Wildman–Crippen LogP) is -1.15. The summed E-state index contributed by atoms with van der Waals surface area (Å²) >= 11 is 0. The lowest BCUT2D eigenvalue weighted by Crippen LogP contribution is -2.40. The molecular formula is C6H9F2N2O2-. The molecular weight excluding hydrogens is 170 g/mol. The summed E-state index contributed by atoms with van der Waals surface area (Å²) in [5.41, 5.74) is 5.30. The van der Waals surface area contributed by atoms with E-state index in [4.69, 9.17) is 5.73 Å². The third-order valence-electron chi connectivity index (χ3n) is 1.99. The first-order valence-electron chi connectivity index (χ1n) is 3.52. The zero-order valence-corrected chi connectivity index (χ0v) is 6.24. The number of hydrogen-bond acceptors (Lipinski definition) is 3. The van der Waals surface area contributed by atoms with E-state index >= 15 is 0 Å². The molecule has 0 saturated carbocycles. The Balaban J connectivity index is 2.56. The van der Waals surface area contributed by atoms with E-state index in [-0.39, 0.29) is 13.1 Å². The highest BCUT2D eigenvalue weighted by Crippen LogP contribution is 2.21. The highest BCUT2D eigenvalue weighted by atomic mass is 19.3. The Hall–Kier alpha value is -0.910. The number of likely N-dealkylation sites (tertiary alicyclic amines) is 1. The number of halogens is 2. The van der Waals surface area contributed by atoms with E-state index in [1.807, 2.05) is 0 Å². The van der Waals surface area contributed by atoms with Crippen LogP contribution in [0.3, 0.4) is 0 Å².